The molecule has 0 rings (SSSR count). The summed E-state index contributed by atoms with van der Waals surface area (Å²) in [7, 11) is 1.75. The van der Waals surface area contributed by atoms with Gasteiger partial charge in [-0.15, -0.1) is 0 Å². The molecule has 0 bridgehead atoms. The molecule has 0 amide bonds. The molecule has 0 aromatic heterocycles. The molecule has 0 heterocycles. The second-order valence-electron chi connectivity index (χ2n) is 5.56. The van der Waals surface area contributed by atoms with Crippen molar-refractivity contribution in [2.24, 2.45) is 5.41 Å². The van der Waals surface area contributed by atoms with E-state index in [0.29, 0.717) is 12.0 Å². The van der Waals surface area contributed by atoms with Crippen molar-refractivity contribution in [2.75, 3.05) is 13.7 Å². The number of methoxy groups -OCH3 is 1. The molecule has 0 aliphatic heterocycles. The van der Waals surface area contributed by atoms with Crippen LogP contribution in [0.25, 0.3) is 0 Å². The minimum Gasteiger partial charge on any atom is -0.496 e. The second-order valence-corrected chi connectivity index (χ2v) is 5.56. The molecule has 0 fully saturated rings. The first kappa shape index (κ1) is 15.5. The number of hydrogen-bond acceptors (Lipinski definition) is 2. The predicted molar refractivity (Wildman–Crippen MR) is 69.5 cm³/mol. The number of allylic oxidation sites excluding steroid dienone is 1. The summed E-state index contributed by atoms with van der Waals surface area (Å²) >= 11 is 0. The molecule has 0 N–H and O–H groups in total. The molecule has 0 aromatic carbocycles. The summed E-state index contributed by atoms with van der Waals surface area (Å²) in [5.74, 6) is 0.875. The van der Waals surface area contributed by atoms with E-state index < -0.39 is 0 Å². The van der Waals surface area contributed by atoms with Gasteiger partial charge in [0.2, 0.25) is 0 Å². The molecule has 0 saturated carbocycles. The van der Waals surface area contributed by atoms with E-state index in [4.69, 9.17) is 9.47 Å². The Morgan fingerprint density at radius 1 is 1.31 bits per heavy atom. The maximum atomic E-state index is 5.58. The fraction of sp³-hybridized carbons (Fsp3) is 0.857. The van der Waals surface area contributed by atoms with Gasteiger partial charge in [0.05, 0.1) is 11.9 Å². The van der Waals surface area contributed by atoms with E-state index in [0.717, 1.165) is 31.4 Å². The van der Waals surface area contributed by atoms with E-state index in [1.165, 1.54) is 0 Å². The van der Waals surface area contributed by atoms with Crippen molar-refractivity contribution in [3.05, 3.63) is 12.3 Å². The Hall–Kier alpha value is -0.500. The minimum absolute atomic E-state index is 0.188. The molecule has 2 nitrogen and oxygen atoms in total. The quantitative estimate of drug-likeness (QED) is 0.581. The standard InChI is InChI=1S/C14H28O2/c1-7-8-12(2)16-11-13(15-6)9-10-14(3,4)5/h13H,2,7-11H2,1,3-6H3. The lowest BCUT2D eigenvalue weighted by Crippen LogP contribution is -2.20. The number of ether oxygens (including phenoxy) is 2. The Balaban J connectivity index is 3.79. The zero-order valence-corrected chi connectivity index (χ0v) is 11.6. The van der Waals surface area contributed by atoms with E-state index >= 15 is 0 Å². The van der Waals surface area contributed by atoms with Crippen LogP contribution >= 0.6 is 0 Å². The predicted octanol–water partition coefficient (Wildman–Crippen LogP) is 4.16. The topological polar surface area (TPSA) is 18.5 Å². The zero-order valence-electron chi connectivity index (χ0n) is 11.6. The van der Waals surface area contributed by atoms with Crippen LogP contribution in [-0.2, 0) is 9.47 Å². The van der Waals surface area contributed by atoms with Crippen LogP contribution in [-0.4, -0.2) is 19.8 Å². The van der Waals surface area contributed by atoms with Crippen LogP contribution < -0.4 is 0 Å². The van der Waals surface area contributed by atoms with E-state index in [1.54, 1.807) is 7.11 Å². The van der Waals surface area contributed by atoms with Gasteiger partial charge in [0, 0.05) is 13.5 Å². The average molecular weight is 228 g/mol. The lowest BCUT2D eigenvalue weighted by Gasteiger charge is -2.22. The summed E-state index contributed by atoms with van der Waals surface area (Å²) in [6.45, 7) is 13.4. The Morgan fingerprint density at radius 2 is 1.94 bits per heavy atom. The van der Waals surface area contributed by atoms with Crippen LogP contribution in [0.1, 0.15) is 53.4 Å². The molecule has 0 spiro atoms. The summed E-state index contributed by atoms with van der Waals surface area (Å²) in [6.07, 6.45) is 4.40. The molecule has 0 aliphatic rings. The summed E-state index contributed by atoms with van der Waals surface area (Å²) < 4.78 is 11.0. The zero-order chi connectivity index (χ0) is 12.6. The number of rotatable bonds is 8. The molecule has 96 valence electrons. The second kappa shape index (κ2) is 7.72. The Kier molecular flexibility index (Phi) is 7.48. The molecule has 16 heavy (non-hydrogen) atoms. The molecule has 1 unspecified atom stereocenters. The van der Waals surface area contributed by atoms with E-state index in [9.17, 15) is 0 Å². The van der Waals surface area contributed by atoms with Gasteiger partial charge in [0.25, 0.3) is 0 Å². The van der Waals surface area contributed by atoms with Gasteiger partial charge < -0.3 is 9.47 Å². The monoisotopic (exact) mass is 228 g/mol. The first-order chi connectivity index (χ1) is 7.39. The third-order valence-electron chi connectivity index (χ3n) is 2.55. The summed E-state index contributed by atoms with van der Waals surface area (Å²) in [4.78, 5) is 0. The molecule has 0 radical (unpaired) electrons. The third-order valence-corrected chi connectivity index (χ3v) is 2.55. The molecular weight excluding hydrogens is 200 g/mol. The molecule has 0 aliphatic carbocycles. The first-order valence-corrected chi connectivity index (χ1v) is 6.22. The SMILES string of the molecule is C=C(CCC)OCC(CCC(C)(C)C)OC. The molecular formula is C14H28O2. The van der Waals surface area contributed by atoms with E-state index in [-0.39, 0.29) is 6.10 Å². The summed E-state index contributed by atoms with van der Waals surface area (Å²) in [5.41, 5.74) is 0.358. The van der Waals surface area contributed by atoms with Crippen molar-refractivity contribution in [1.82, 2.24) is 0 Å². The van der Waals surface area contributed by atoms with Crippen molar-refractivity contribution in [3.8, 4) is 0 Å². The van der Waals surface area contributed by atoms with Crippen LogP contribution in [0.5, 0.6) is 0 Å². The number of hydrogen-bond donors (Lipinski definition) is 0. The highest BCUT2D eigenvalue weighted by Crippen LogP contribution is 2.22. The van der Waals surface area contributed by atoms with Gasteiger partial charge in [-0.05, 0) is 24.7 Å². The van der Waals surface area contributed by atoms with Crippen molar-refractivity contribution in [3.63, 3.8) is 0 Å². The van der Waals surface area contributed by atoms with E-state index in [1.807, 2.05) is 0 Å². The highest BCUT2D eigenvalue weighted by molar-refractivity contribution is 4.82. The van der Waals surface area contributed by atoms with Crippen molar-refractivity contribution >= 4 is 0 Å². The Morgan fingerprint density at radius 3 is 2.38 bits per heavy atom. The Bertz CT molecular complexity index is 191. The first-order valence-electron chi connectivity index (χ1n) is 6.22. The molecule has 0 saturated heterocycles. The highest BCUT2D eigenvalue weighted by Gasteiger charge is 2.15. The van der Waals surface area contributed by atoms with Crippen LogP contribution in [0, 0.1) is 5.41 Å². The van der Waals surface area contributed by atoms with Gasteiger partial charge in [0.15, 0.2) is 0 Å². The van der Waals surface area contributed by atoms with Crippen molar-refractivity contribution < 1.29 is 9.47 Å². The molecule has 2 heteroatoms. The third kappa shape index (κ3) is 8.78. The van der Waals surface area contributed by atoms with Crippen LogP contribution in [0.4, 0.5) is 0 Å². The smallest absolute Gasteiger partial charge is 0.114 e. The largest absolute Gasteiger partial charge is 0.496 e. The molecule has 1 atom stereocenters. The minimum atomic E-state index is 0.188. The maximum absolute atomic E-state index is 5.58. The summed E-state index contributed by atoms with van der Waals surface area (Å²) in [5, 5.41) is 0. The van der Waals surface area contributed by atoms with Crippen LogP contribution in [0.15, 0.2) is 12.3 Å². The van der Waals surface area contributed by atoms with Gasteiger partial charge in [-0.2, -0.15) is 0 Å². The maximum Gasteiger partial charge on any atom is 0.114 e. The van der Waals surface area contributed by atoms with Crippen molar-refractivity contribution in [2.45, 2.75) is 59.5 Å². The van der Waals surface area contributed by atoms with Gasteiger partial charge >= 0.3 is 0 Å². The van der Waals surface area contributed by atoms with E-state index in [2.05, 4.69) is 34.3 Å². The van der Waals surface area contributed by atoms with Gasteiger partial charge in [-0.25, -0.2) is 0 Å². The van der Waals surface area contributed by atoms with Crippen LogP contribution in [0.2, 0.25) is 0 Å². The highest BCUT2D eigenvalue weighted by atomic mass is 16.5. The normalized spacial score (nSPS) is 13.6. The fourth-order valence-corrected chi connectivity index (χ4v) is 1.43. The average Bonchev–Trinajstić information content (AvgIpc) is 2.17. The fourth-order valence-electron chi connectivity index (χ4n) is 1.43. The van der Waals surface area contributed by atoms with Gasteiger partial charge in [-0.1, -0.05) is 34.3 Å². The lowest BCUT2D eigenvalue weighted by molar-refractivity contribution is 0.0204. The van der Waals surface area contributed by atoms with Gasteiger partial charge in [0.1, 0.15) is 6.61 Å². The van der Waals surface area contributed by atoms with Crippen LogP contribution in [0.3, 0.4) is 0 Å². The van der Waals surface area contributed by atoms with Gasteiger partial charge in [-0.3, -0.25) is 0 Å². The molecule has 0 aromatic rings. The van der Waals surface area contributed by atoms with Crippen molar-refractivity contribution in [1.29, 1.82) is 0 Å². The lowest BCUT2D eigenvalue weighted by atomic mass is 9.89. The summed E-state index contributed by atoms with van der Waals surface area (Å²) in [6, 6.07) is 0. The Labute approximate surface area is 101 Å².